The number of pyridine rings is 1. The predicted molar refractivity (Wildman–Crippen MR) is 205 cm³/mol. The Morgan fingerprint density at radius 2 is 1.80 bits per heavy atom. The number of alkyl halides is 3. The molecule has 17 heteroatoms. The lowest BCUT2D eigenvalue weighted by atomic mass is 9.75. The van der Waals surface area contributed by atoms with Gasteiger partial charge in [-0.05, 0) is 75.4 Å². The molecule has 1 aliphatic carbocycles. The van der Waals surface area contributed by atoms with Crippen molar-refractivity contribution in [2.24, 2.45) is 13.0 Å². The van der Waals surface area contributed by atoms with Crippen LogP contribution in [0.4, 0.5) is 24.5 Å². The number of amides is 3. The molecule has 2 aliphatic heterocycles. The third kappa shape index (κ3) is 7.02. The molecule has 3 aromatic heterocycles. The van der Waals surface area contributed by atoms with Crippen molar-refractivity contribution in [1.82, 2.24) is 29.3 Å². The summed E-state index contributed by atoms with van der Waals surface area (Å²) in [5.41, 5.74) is 1.73. The third-order valence-corrected chi connectivity index (χ3v) is 12.6. The SMILES string of the molecule is COc1cc2nc([C@H]3C[C@H](CN(C)C4CCN(c5cccc6c5n(C)c(=O)n6C5CCC(=O)NC5=O)CC4)C3)sc2cc1NC(=O)c1cccc(C(F)(F)F)n1. The molecule has 0 spiro atoms. The van der Waals surface area contributed by atoms with Gasteiger partial charge in [-0.2, -0.15) is 13.2 Å². The number of halogens is 3. The van der Waals surface area contributed by atoms with E-state index in [9.17, 15) is 32.3 Å². The quantitative estimate of drug-likeness (QED) is 0.180. The lowest BCUT2D eigenvalue weighted by Crippen LogP contribution is -2.46. The van der Waals surface area contributed by atoms with Crippen molar-refractivity contribution in [3.63, 3.8) is 0 Å². The van der Waals surface area contributed by atoms with Crippen molar-refractivity contribution in [3.8, 4) is 5.75 Å². The maximum atomic E-state index is 13.4. The molecule has 0 bridgehead atoms. The first-order valence-corrected chi connectivity index (χ1v) is 19.4. The first-order chi connectivity index (χ1) is 26.8. The lowest BCUT2D eigenvalue weighted by molar-refractivity contribution is -0.141. The summed E-state index contributed by atoms with van der Waals surface area (Å²) in [5, 5.41) is 6.04. The molecule has 3 aliphatic rings. The number of carbonyl (C=O) groups is 3. The highest BCUT2D eigenvalue weighted by Crippen LogP contribution is 2.46. The van der Waals surface area contributed by atoms with Crippen LogP contribution in [-0.2, 0) is 22.8 Å². The second-order valence-electron chi connectivity index (χ2n) is 14.9. The van der Waals surface area contributed by atoms with Gasteiger partial charge in [0.25, 0.3) is 5.91 Å². The number of aromatic nitrogens is 4. The molecule has 5 aromatic rings. The number of piperidine rings is 2. The smallest absolute Gasteiger partial charge is 0.433 e. The molecule has 2 saturated heterocycles. The molecule has 56 heavy (non-hydrogen) atoms. The number of ether oxygens (including phenoxy) is 1. The van der Waals surface area contributed by atoms with E-state index in [1.807, 2.05) is 18.2 Å². The summed E-state index contributed by atoms with van der Waals surface area (Å²) in [5.74, 6) is -0.358. The van der Waals surface area contributed by atoms with Gasteiger partial charge >= 0.3 is 11.9 Å². The molecular formula is C39H41F3N8O5S. The predicted octanol–water partition coefficient (Wildman–Crippen LogP) is 5.70. The fraction of sp³-hybridized carbons (Fsp3) is 0.436. The van der Waals surface area contributed by atoms with Crippen LogP contribution in [0.2, 0.25) is 0 Å². The molecule has 1 saturated carbocycles. The Balaban J connectivity index is 0.875. The molecule has 1 atom stereocenters. The number of anilines is 2. The maximum Gasteiger partial charge on any atom is 0.433 e. The van der Waals surface area contributed by atoms with Gasteiger partial charge in [0.1, 0.15) is 23.2 Å². The Hall–Kier alpha value is -5.29. The minimum atomic E-state index is -4.67. The number of hydrogen-bond donors (Lipinski definition) is 2. The highest BCUT2D eigenvalue weighted by atomic mass is 32.1. The van der Waals surface area contributed by atoms with Crippen LogP contribution >= 0.6 is 11.3 Å². The zero-order chi connectivity index (χ0) is 39.5. The van der Waals surface area contributed by atoms with Crippen LogP contribution in [0.3, 0.4) is 0 Å². The molecule has 294 valence electrons. The van der Waals surface area contributed by atoms with Crippen molar-refractivity contribution < 1.29 is 32.3 Å². The van der Waals surface area contributed by atoms with Crippen molar-refractivity contribution in [1.29, 1.82) is 0 Å². The van der Waals surface area contributed by atoms with Gasteiger partial charge in [-0.1, -0.05) is 12.1 Å². The summed E-state index contributed by atoms with van der Waals surface area (Å²) in [6.07, 6.45) is -0.240. The second kappa shape index (κ2) is 14.7. The molecule has 8 rings (SSSR count). The van der Waals surface area contributed by atoms with Gasteiger partial charge in [-0.3, -0.25) is 28.8 Å². The normalized spacial score (nSPS) is 20.8. The fourth-order valence-electron chi connectivity index (χ4n) is 8.41. The zero-order valence-electron chi connectivity index (χ0n) is 31.1. The third-order valence-electron chi connectivity index (χ3n) is 11.4. The van der Waals surface area contributed by atoms with Crippen molar-refractivity contribution in [2.45, 2.75) is 62.7 Å². The topological polar surface area (TPSA) is 144 Å². The van der Waals surface area contributed by atoms with E-state index in [0.717, 1.165) is 83.9 Å². The number of carbonyl (C=O) groups excluding carboxylic acids is 3. The van der Waals surface area contributed by atoms with E-state index in [0.29, 0.717) is 41.3 Å². The van der Waals surface area contributed by atoms with Gasteiger partial charge in [-0.25, -0.2) is 14.8 Å². The van der Waals surface area contributed by atoms with E-state index in [4.69, 9.17) is 9.72 Å². The van der Waals surface area contributed by atoms with Gasteiger partial charge in [0.2, 0.25) is 11.8 Å². The van der Waals surface area contributed by atoms with E-state index in [-0.39, 0.29) is 23.7 Å². The number of imide groups is 1. The number of thiazole rings is 1. The second-order valence-corrected chi connectivity index (χ2v) is 16.0. The number of benzene rings is 2. The summed E-state index contributed by atoms with van der Waals surface area (Å²) in [6, 6.07) is 12.2. The Bertz CT molecular complexity index is 2410. The van der Waals surface area contributed by atoms with Gasteiger partial charge < -0.3 is 19.9 Å². The average Bonchev–Trinajstić information content (AvgIpc) is 3.68. The summed E-state index contributed by atoms with van der Waals surface area (Å²) in [7, 11) is 5.38. The summed E-state index contributed by atoms with van der Waals surface area (Å²) in [4.78, 5) is 63.9. The average molecular weight is 791 g/mol. The largest absolute Gasteiger partial charge is 0.494 e. The molecule has 5 heterocycles. The number of para-hydroxylation sites is 1. The van der Waals surface area contributed by atoms with E-state index in [2.05, 4.69) is 32.5 Å². The number of rotatable bonds is 9. The van der Waals surface area contributed by atoms with Crippen molar-refractivity contribution in [3.05, 3.63) is 75.4 Å². The van der Waals surface area contributed by atoms with Crippen molar-refractivity contribution in [2.75, 3.05) is 44.0 Å². The minimum absolute atomic E-state index is 0.194. The highest BCUT2D eigenvalue weighted by molar-refractivity contribution is 7.18. The number of nitrogens with one attached hydrogen (secondary N) is 2. The molecular weight excluding hydrogens is 750 g/mol. The summed E-state index contributed by atoms with van der Waals surface area (Å²) in [6.45, 7) is 2.62. The first kappa shape index (κ1) is 37.6. The summed E-state index contributed by atoms with van der Waals surface area (Å²) >= 11 is 1.55. The van der Waals surface area contributed by atoms with Crippen LogP contribution in [0.5, 0.6) is 5.75 Å². The number of nitrogens with zero attached hydrogens (tertiary/aromatic N) is 6. The molecule has 2 aromatic carbocycles. The fourth-order valence-corrected chi connectivity index (χ4v) is 9.53. The number of imidazole rings is 1. The Kier molecular flexibility index (Phi) is 9.85. The van der Waals surface area contributed by atoms with Crippen LogP contribution in [0, 0.1) is 5.92 Å². The Morgan fingerprint density at radius 1 is 1.05 bits per heavy atom. The van der Waals surface area contributed by atoms with E-state index >= 15 is 0 Å². The highest BCUT2D eigenvalue weighted by Gasteiger charge is 2.37. The molecule has 3 fully saturated rings. The van der Waals surface area contributed by atoms with E-state index in [1.54, 1.807) is 35.1 Å². The molecule has 1 unspecified atom stereocenters. The lowest BCUT2D eigenvalue weighted by Gasteiger charge is -2.42. The monoisotopic (exact) mass is 790 g/mol. The maximum absolute atomic E-state index is 13.4. The van der Waals surface area contributed by atoms with Gasteiger partial charge in [-0.15, -0.1) is 11.3 Å². The van der Waals surface area contributed by atoms with Crippen LogP contribution in [-0.4, -0.2) is 81.6 Å². The molecule has 13 nitrogen and oxygen atoms in total. The molecule has 2 N–H and O–H groups in total. The Morgan fingerprint density at radius 3 is 2.52 bits per heavy atom. The van der Waals surface area contributed by atoms with Crippen LogP contribution in [0.15, 0.2) is 53.3 Å². The molecule has 0 radical (unpaired) electrons. The van der Waals surface area contributed by atoms with E-state index in [1.165, 1.54) is 17.7 Å². The van der Waals surface area contributed by atoms with Crippen molar-refractivity contribution >= 4 is 61.7 Å². The molecule has 3 amide bonds. The summed E-state index contributed by atoms with van der Waals surface area (Å²) < 4.78 is 49.0. The van der Waals surface area contributed by atoms with Gasteiger partial charge in [0.15, 0.2) is 0 Å². The Labute approximate surface area is 323 Å². The van der Waals surface area contributed by atoms with Crippen LogP contribution in [0.25, 0.3) is 21.3 Å². The van der Waals surface area contributed by atoms with Gasteiger partial charge in [0, 0.05) is 51.1 Å². The number of fused-ring (bicyclic) bond motifs is 2. The first-order valence-electron chi connectivity index (χ1n) is 18.6. The van der Waals surface area contributed by atoms with E-state index < -0.39 is 29.7 Å². The standard InChI is InChI=1S/C39H41F3N8O5S/c1-47(23-12-14-49(15-13-23)27-7-5-8-28-34(27)48(2)38(54)50(28)29-10-11-33(51)46-36(29)53)20-21-16-22(17-21)37-45-26-18-30(55-3)25(19-31(26)56-37)44-35(52)24-6-4-9-32(43-24)39(40,41)42/h4-9,18-19,21-23,29H,10-17,20H2,1-3H3,(H,44,52)(H,46,51,53)/t21-,22-,29?. The number of methoxy groups -OCH3 is 1. The van der Waals surface area contributed by atoms with Gasteiger partial charge in [0.05, 0.1) is 44.7 Å². The van der Waals surface area contributed by atoms with Crippen LogP contribution in [0.1, 0.15) is 71.7 Å². The zero-order valence-corrected chi connectivity index (χ0v) is 31.9. The number of hydrogen-bond acceptors (Lipinski definition) is 10. The van der Waals surface area contributed by atoms with Crippen LogP contribution < -0.4 is 26.0 Å². The minimum Gasteiger partial charge on any atom is -0.494 e. The number of aryl methyl sites for hydroxylation is 1.